The number of aryl methyl sites for hydroxylation is 1. The largest absolute Gasteiger partial charge is 0.419 e. The van der Waals surface area contributed by atoms with Crippen LogP contribution in [0.5, 0.6) is 0 Å². The van der Waals surface area contributed by atoms with Gasteiger partial charge in [-0.2, -0.15) is 13.2 Å². The number of hydrogen-bond donors (Lipinski definition) is 1. The van der Waals surface area contributed by atoms with E-state index in [2.05, 4.69) is 4.98 Å². The van der Waals surface area contributed by atoms with Crippen LogP contribution in [0, 0.1) is 6.92 Å². The first-order valence-corrected chi connectivity index (χ1v) is 3.90. The van der Waals surface area contributed by atoms with Crippen molar-refractivity contribution in [3.05, 3.63) is 16.1 Å². The Morgan fingerprint density at radius 3 is 2.50 bits per heavy atom. The zero-order valence-corrected chi connectivity index (χ0v) is 6.91. The molecule has 1 N–H and O–H groups in total. The molecule has 0 saturated carbocycles. The molecule has 0 bridgehead atoms. The Bertz CT molecular complexity index is 270. The molecule has 1 atom stereocenters. The Morgan fingerprint density at radius 1 is 1.58 bits per heavy atom. The highest BCUT2D eigenvalue weighted by atomic mass is 32.1. The fourth-order valence-electron chi connectivity index (χ4n) is 0.666. The lowest BCUT2D eigenvalue weighted by Crippen LogP contribution is -2.18. The summed E-state index contributed by atoms with van der Waals surface area (Å²) in [5.41, 5.74) is 0. The van der Waals surface area contributed by atoms with Crippen molar-refractivity contribution in [1.82, 2.24) is 4.98 Å². The van der Waals surface area contributed by atoms with Gasteiger partial charge in [-0.1, -0.05) is 0 Å². The molecule has 0 saturated heterocycles. The number of nitrogens with zero attached hydrogens (tertiary/aromatic N) is 1. The SMILES string of the molecule is Cc1ncc([C@H](O)C(F)(F)F)s1. The Kier molecular flexibility index (Phi) is 2.39. The maximum atomic E-state index is 11.9. The van der Waals surface area contributed by atoms with Gasteiger partial charge in [0.2, 0.25) is 0 Å². The van der Waals surface area contributed by atoms with Crippen LogP contribution in [-0.4, -0.2) is 16.3 Å². The summed E-state index contributed by atoms with van der Waals surface area (Å²) in [5, 5.41) is 9.22. The molecule has 0 amide bonds. The summed E-state index contributed by atoms with van der Waals surface area (Å²) in [5.74, 6) is 0. The van der Waals surface area contributed by atoms with Gasteiger partial charge in [0.1, 0.15) is 0 Å². The van der Waals surface area contributed by atoms with Crippen LogP contribution in [0.4, 0.5) is 13.2 Å². The van der Waals surface area contributed by atoms with Crippen molar-refractivity contribution in [3.8, 4) is 0 Å². The molecule has 0 aliphatic heterocycles. The van der Waals surface area contributed by atoms with E-state index in [1.807, 2.05) is 0 Å². The summed E-state index contributed by atoms with van der Waals surface area (Å²) in [6.45, 7) is 1.58. The van der Waals surface area contributed by atoms with Gasteiger partial charge in [0, 0.05) is 6.20 Å². The lowest BCUT2D eigenvalue weighted by atomic mass is 10.3. The Hall–Kier alpha value is -0.620. The number of aliphatic hydroxyl groups is 1. The minimum absolute atomic E-state index is 0.167. The highest BCUT2D eigenvalue weighted by Crippen LogP contribution is 2.34. The third-order valence-corrected chi connectivity index (χ3v) is 2.18. The van der Waals surface area contributed by atoms with Crippen molar-refractivity contribution in [2.75, 3.05) is 0 Å². The monoisotopic (exact) mass is 197 g/mol. The van der Waals surface area contributed by atoms with Gasteiger partial charge in [-0.25, -0.2) is 4.98 Å². The zero-order valence-electron chi connectivity index (χ0n) is 6.09. The third-order valence-electron chi connectivity index (χ3n) is 1.22. The van der Waals surface area contributed by atoms with Crippen molar-refractivity contribution in [3.63, 3.8) is 0 Å². The van der Waals surface area contributed by atoms with E-state index < -0.39 is 12.3 Å². The topological polar surface area (TPSA) is 33.1 Å². The van der Waals surface area contributed by atoms with Gasteiger partial charge in [0.05, 0.1) is 9.88 Å². The summed E-state index contributed by atoms with van der Waals surface area (Å²) in [6.07, 6.45) is -5.96. The first-order valence-electron chi connectivity index (χ1n) is 3.08. The van der Waals surface area contributed by atoms with E-state index in [1.54, 1.807) is 6.92 Å². The second-order valence-corrected chi connectivity index (χ2v) is 3.49. The Balaban J connectivity index is 2.85. The molecule has 1 heterocycles. The first-order chi connectivity index (χ1) is 5.41. The van der Waals surface area contributed by atoms with E-state index in [0.29, 0.717) is 5.01 Å². The normalized spacial score (nSPS) is 14.8. The minimum Gasteiger partial charge on any atom is -0.379 e. The maximum Gasteiger partial charge on any atom is 0.419 e. The third kappa shape index (κ3) is 1.95. The molecular weight excluding hydrogens is 191 g/mol. The summed E-state index contributed by atoms with van der Waals surface area (Å²) in [6, 6.07) is 0. The van der Waals surface area contributed by atoms with Crippen LogP contribution in [0.1, 0.15) is 16.0 Å². The van der Waals surface area contributed by atoms with Crippen LogP contribution in [0.2, 0.25) is 0 Å². The summed E-state index contributed by atoms with van der Waals surface area (Å²) in [7, 11) is 0. The molecule has 0 unspecified atom stereocenters. The van der Waals surface area contributed by atoms with Crippen LogP contribution in [0.15, 0.2) is 6.20 Å². The predicted molar refractivity (Wildman–Crippen MR) is 37.9 cm³/mol. The maximum absolute atomic E-state index is 11.9. The summed E-state index contributed by atoms with van der Waals surface area (Å²) in [4.78, 5) is 3.44. The fraction of sp³-hybridized carbons (Fsp3) is 0.500. The van der Waals surface area contributed by atoms with Crippen LogP contribution >= 0.6 is 11.3 Å². The highest BCUT2D eigenvalue weighted by Gasteiger charge is 2.40. The van der Waals surface area contributed by atoms with Gasteiger partial charge in [-0.3, -0.25) is 0 Å². The Morgan fingerprint density at radius 2 is 2.17 bits per heavy atom. The molecule has 1 aromatic heterocycles. The average molecular weight is 197 g/mol. The summed E-state index contributed by atoms with van der Waals surface area (Å²) < 4.78 is 35.6. The van der Waals surface area contributed by atoms with Gasteiger partial charge >= 0.3 is 6.18 Å². The standard InChI is InChI=1S/C6H6F3NOS/c1-3-10-2-4(12-3)5(11)6(7,8)9/h2,5,11H,1H3/t5-/m0/s1. The van der Waals surface area contributed by atoms with Crippen LogP contribution in [-0.2, 0) is 0 Å². The highest BCUT2D eigenvalue weighted by molar-refractivity contribution is 7.11. The lowest BCUT2D eigenvalue weighted by molar-refractivity contribution is -0.205. The number of thiazole rings is 1. The van der Waals surface area contributed by atoms with Gasteiger partial charge in [0.25, 0.3) is 0 Å². The van der Waals surface area contributed by atoms with Gasteiger partial charge in [0.15, 0.2) is 6.10 Å². The molecule has 12 heavy (non-hydrogen) atoms. The quantitative estimate of drug-likeness (QED) is 0.747. The Labute approximate surface area is 70.7 Å². The molecule has 0 spiro atoms. The van der Waals surface area contributed by atoms with Crippen molar-refractivity contribution in [2.45, 2.75) is 19.2 Å². The van der Waals surface area contributed by atoms with Crippen molar-refractivity contribution >= 4 is 11.3 Å². The lowest BCUT2D eigenvalue weighted by Gasteiger charge is -2.11. The molecule has 0 aliphatic carbocycles. The molecular formula is C6H6F3NOS. The number of rotatable bonds is 1. The molecule has 1 rings (SSSR count). The zero-order chi connectivity index (χ0) is 9.35. The van der Waals surface area contributed by atoms with Crippen LogP contribution in [0.25, 0.3) is 0 Å². The van der Waals surface area contributed by atoms with Crippen molar-refractivity contribution in [1.29, 1.82) is 0 Å². The van der Waals surface area contributed by atoms with Crippen LogP contribution in [0.3, 0.4) is 0 Å². The number of halogens is 3. The molecule has 0 radical (unpaired) electrons. The van der Waals surface area contributed by atoms with Gasteiger partial charge in [-0.15, -0.1) is 11.3 Å². The van der Waals surface area contributed by atoms with Crippen molar-refractivity contribution < 1.29 is 18.3 Å². The van der Waals surface area contributed by atoms with E-state index in [9.17, 15) is 13.2 Å². The van der Waals surface area contributed by atoms with Gasteiger partial charge < -0.3 is 5.11 Å². The van der Waals surface area contributed by atoms with Crippen LogP contribution < -0.4 is 0 Å². The fourth-order valence-corrected chi connectivity index (χ4v) is 1.46. The molecule has 1 aromatic rings. The van der Waals surface area contributed by atoms with E-state index in [4.69, 9.17) is 5.11 Å². The van der Waals surface area contributed by atoms with E-state index in [0.717, 1.165) is 17.5 Å². The molecule has 68 valence electrons. The second kappa shape index (κ2) is 3.02. The van der Waals surface area contributed by atoms with E-state index in [-0.39, 0.29) is 4.88 Å². The van der Waals surface area contributed by atoms with Gasteiger partial charge in [-0.05, 0) is 6.92 Å². The predicted octanol–water partition coefficient (Wildman–Crippen LogP) is 2.05. The van der Waals surface area contributed by atoms with E-state index >= 15 is 0 Å². The molecule has 0 fully saturated rings. The minimum atomic E-state index is -4.60. The smallest absolute Gasteiger partial charge is 0.379 e. The van der Waals surface area contributed by atoms with Crippen molar-refractivity contribution in [2.24, 2.45) is 0 Å². The molecule has 2 nitrogen and oxygen atoms in total. The number of hydrogen-bond acceptors (Lipinski definition) is 3. The molecule has 0 aromatic carbocycles. The molecule has 0 aliphatic rings. The number of alkyl halides is 3. The van der Waals surface area contributed by atoms with E-state index in [1.165, 1.54) is 0 Å². The average Bonchev–Trinajstić information content (AvgIpc) is 2.32. The first kappa shape index (κ1) is 9.47. The summed E-state index contributed by atoms with van der Waals surface area (Å²) >= 11 is 0.842. The second-order valence-electron chi connectivity index (χ2n) is 2.23. The number of aromatic nitrogens is 1. The molecule has 6 heteroatoms. The number of aliphatic hydroxyl groups excluding tert-OH is 1.